The molecule has 0 unspecified atom stereocenters. The van der Waals surface area contributed by atoms with Crippen molar-refractivity contribution in [2.45, 2.75) is 71.6 Å². The topological polar surface area (TPSA) is 63.4 Å². The van der Waals surface area contributed by atoms with E-state index in [2.05, 4.69) is 6.92 Å². The van der Waals surface area contributed by atoms with E-state index in [1.165, 1.54) is 32.1 Å². The minimum absolute atomic E-state index is 0.130. The zero-order valence-electron chi connectivity index (χ0n) is 15.7. The molecule has 0 heterocycles. The van der Waals surface area contributed by atoms with Crippen LogP contribution in [0.1, 0.15) is 70.8 Å². The van der Waals surface area contributed by atoms with Gasteiger partial charge in [-0.3, -0.25) is 14.9 Å². The van der Waals surface area contributed by atoms with Crippen LogP contribution in [0.5, 0.6) is 0 Å². The van der Waals surface area contributed by atoms with Crippen LogP contribution in [0, 0.1) is 10.1 Å². The number of hydrogen-bond donors (Lipinski definition) is 0. The van der Waals surface area contributed by atoms with Crippen molar-refractivity contribution in [1.82, 2.24) is 4.90 Å². The average molecular weight is 348 g/mol. The van der Waals surface area contributed by atoms with Gasteiger partial charge < -0.3 is 4.90 Å². The molecule has 0 bridgehead atoms. The van der Waals surface area contributed by atoms with Crippen molar-refractivity contribution in [3.63, 3.8) is 0 Å². The van der Waals surface area contributed by atoms with Gasteiger partial charge in [-0.15, -0.1) is 0 Å². The largest absolute Gasteiger partial charge is 0.343 e. The number of aryl methyl sites for hydroxylation is 1. The summed E-state index contributed by atoms with van der Waals surface area (Å²) in [4.78, 5) is 24.0. The van der Waals surface area contributed by atoms with E-state index in [0.717, 1.165) is 44.3 Å². The third-order valence-electron chi connectivity index (χ3n) is 4.52. The molecular formula is C20H32N2O3. The number of hydrogen-bond acceptors (Lipinski definition) is 3. The number of nitrogens with zero attached hydrogens (tertiary/aromatic N) is 2. The molecule has 1 aromatic carbocycles. The zero-order valence-corrected chi connectivity index (χ0v) is 15.7. The van der Waals surface area contributed by atoms with E-state index in [1.807, 2.05) is 17.0 Å². The van der Waals surface area contributed by atoms with Crippen molar-refractivity contribution in [2.24, 2.45) is 0 Å². The third-order valence-corrected chi connectivity index (χ3v) is 4.52. The molecule has 0 fully saturated rings. The lowest BCUT2D eigenvalue weighted by atomic mass is 10.1. The van der Waals surface area contributed by atoms with Gasteiger partial charge in [0, 0.05) is 32.1 Å². The summed E-state index contributed by atoms with van der Waals surface area (Å²) in [5, 5.41) is 10.6. The molecule has 0 saturated carbocycles. The zero-order chi connectivity index (χ0) is 18.5. The van der Waals surface area contributed by atoms with Crippen LogP contribution < -0.4 is 0 Å². The summed E-state index contributed by atoms with van der Waals surface area (Å²) >= 11 is 0. The van der Waals surface area contributed by atoms with Gasteiger partial charge in [-0.05, 0) is 31.2 Å². The van der Waals surface area contributed by atoms with E-state index < -0.39 is 0 Å². The predicted molar refractivity (Wildman–Crippen MR) is 102 cm³/mol. The summed E-state index contributed by atoms with van der Waals surface area (Å²) in [6, 6.07) is 6.74. The van der Waals surface area contributed by atoms with Gasteiger partial charge in [0.05, 0.1) is 4.92 Å². The lowest BCUT2D eigenvalue weighted by molar-refractivity contribution is -0.384. The maximum absolute atomic E-state index is 11.7. The summed E-state index contributed by atoms with van der Waals surface area (Å²) in [6.07, 6.45) is 10.3. The number of rotatable bonds is 13. The highest BCUT2D eigenvalue weighted by atomic mass is 16.6. The second-order valence-corrected chi connectivity index (χ2v) is 6.65. The number of nitro groups is 1. The van der Waals surface area contributed by atoms with E-state index in [1.54, 1.807) is 19.1 Å². The molecular weight excluding hydrogens is 316 g/mol. The normalized spacial score (nSPS) is 10.6. The monoisotopic (exact) mass is 348 g/mol. The highest BCUT2D eigenvalue weighted by Crippen LogP contribution is 2.14. The molecule has 0 aromatic heterocycles. The highest BCUT2D eigenvalue weighted by Gasteiger charge is 2.08. The van der Waals surface area contributed by atoms with Crippen molar-refractivity contribution in [3.05, 3.63) is 39.9 Å². The van der Waals surface area contributed by atoms with Gasteiger partial charge in [-0.25, -0.2) is 0 Å². The Bertz CT molecular complexity index is 514. The smallest absolute Gasteiger partial charge is 0.269 e. The fourth-order valence-corrected chi connectivity index (χ4v) is 2.93. The van der Waals surface area contributed by atoms with Gasteiger partial charge >= 0.3 is 0 Å². The predicted octanol–water partition coefficient (Wildman–Crippen LogP) is 5.13. The van der Waals surface area contributed by atoms with Gasteiger partial charge in [0.1, 0.15) is 0 Å². The molecule has 1 amide bonds. The Morgan fingerprint density at radius 1 is 0.960 bits per heavy atom. The van der Waals surface area contributed by atoms with Gasteiger partial charge in [-0.2, -0.15) is 0 Å². The van der Waals surface area contributed by atoms with Crippen molar-refractivity contribution in [1.29, 1.82) is 0 Å². The second kappa shape index (κ2) is 12.5. The standard InChI is InChI=1S/C20H32N2O3/c1-3-4-5-6-7-9-16-21(18(2)23)17-10-8-11-19-12-14-20(15-13-19)22(24)25/h12-15H,3-11,16-17H2,1-2H3. The van der Waals surface area contributed by atoms with Crippen molar-refractivity contribution < 1.29 is 9.72 Å². The molecule has 5 heteroatoms. The molecule has 0 N–H and O–H groups in total. The first-order valence-electron chi connectivity index (χ1n) is 9.53. The van der Waals surface area contributed by atoms with Crippen LogP contribution in [0.3, 0.4) is 0 Å². The Balaban J connectivity index is 2.21. The van der Waals surface area contributed by atoms with Crippen molar-refractivity contribution in [2.75, 3.05) is 13.1 Å². The summed E-state index contributed by atoms with van der Waals surface area (Å²) in [5.41, 5.74) is 1.24. The molecule has 0 aliphatic rings. The SMILES string of the molecule is CCCCCCCCN(CCCCc1ccc([N+](=O)[O-])cc1)C(C)=O. The molecule has 1 rings (SSSR count). The number of amides is 1. The van der Waals surface area contributed by atoms with Crippen LogP contribution >= 0.6 is 0 Å². The Labute approximate surface area is 151 Å². The number of benzene rings is 1. The second-order valence-electron chi connectivity index (χ2n) is 6.65. The molecule has 0 aliphatic carbocycles. The number of nitro benzene ring substituents is 1. The van der Waals surface area contributed by atoms with Gasteiger partial charge in [0.2, 0.25) is 5.91 Å². The Morgan fingerprint density at radius 3 is 2.08 bits per heavy atom. The fraction of sp³-hybridized carbons (Fsp3) is 0.650. The Kier molecular flexibility index (Phi) is 10.5. The van der Waals surface area contributed by atoms with E-state index in [4.69, 9.17) is 0 Å². The van der Waals surface area contributed by atoms with E-state index in [-0.39, 0.29) is 16.5 Å². The van der Waals surface area contributed by atoms with Crippen molar-refractivity contribution in [3.8, 4) is 0 Å². The minimum Gasteiger partial charge on any atom is -0.343 e. The van der Waals surface area contributed by atoms with Crippen molar-refractivity contribution >= 4 is 11.6 Å². The number of non-ortho nitro benzene ring substituents is 1. The molecule has 140 valence electrons. The molecule has 5 nitrogen and oxygen atoms in total. The lowest BCUT2D eigenvalue weighted by Gasteiger charge is -2.21. The van der Waals surface area contributed by atoms with Crippen LogP contribution in [-0.4, -0.2) is 28.8 Å². The molecule has 1 aromatic rings. The Morgan fingerprint density at radius 2 is 1.52 bits per heavy atom. The first-order valence-corrected chi connectivity index (χ1v) is 9.53. The number of carbonyl (C=O) groups excluding carboxylic acids is 1. The number of unbranched alkanes of at least 4 members (excludes halogenated alkanes) is 6. The molecule has 0 saturated heterocycles. The number of carbonyl (C=O) groups is 1. The molecule has 0 spiro atoms. The van der Waals surface area contributed by atoms with E-state index in [9.17, 15) is 14.9 Å². The minimum atomic E-state index is -0.378. The first kappa shape index (κ1) is 21.1. The van der Waals surface area contributed by atoms with E-state index in [0.29, 0.717) is 0 Å². The summed E-state index contributed by atoms with van der Waals surface area (Å²) in [6.45, 7) is 5.53. The van der Waals surface area contributed by atoms with E-state index >= 15 is 0 Å². The maximum Gasteiger partial charge on any atom is 0.269 e. The summed E-state index contributed by atoms with van der Waals surface area (Å²) in [5.74, 6) is 0.156. The summed E-state index contributed by atoms with van der Waals surface area (Å²) < 4.78 is 0. The fourth-order valence-electron chi connectivity index (χ4n) is 2.93. The van der Waals surface area contributed by atoms with Crippen LogP contribution in [0.4, 0.5) is 5.69 Å². The van der Waals surface area contributed by atoms with Crippen LogP contribution in [0.25, 0.3) is 0 Å². The molecule has 25 heavy (non-hydrogen) atoms. The quantitative estimate of drug-likeness (QED) is 0.282. The van der Waals surface area contributed by atoms with Gasteiger partial charge in [-0.1, -0.05) is 51.2 Å². The van der Waals surface area contributed by atoms with Crippen LogP contribution in [-0.2, 0) is 11.2 Å². The summed E-state index contributed by atoms with van der Waals surface area (Å²) in [7, 11) is 0. The van der Waals surface area contributed by atoms with Gasteiger partial charge in [0.15, 0.2) is 0 Å². The Hall–Kier alpha value is -1.91. The van der Waals surface area contributed by atoms with Crippen LogP contribution in [0.15, 0.2) is 24.3 Å². The molecule has 0 atom stereocenters. The first-order chi connectivity index (χ1) is 12.0. The van der Waals surface area contributed by atoms with Crippen LogP contribution in [0.2, 0.25) is 0 Å². The third kappa shape index (κ3) is 9.22. The maximum atomic E-state index is 11.7. The highest BCUT2D eigenvalue weighted by molar-refractivity contribution is 5.73. The molecule has 0 aliphatic heterocycles. The molecule has 0 radical (unpaired) electrons. The van der Waals surface area contributed by atoms with Gasteiger partial charge in [0.25, 0.3) is 5.69 Å². The average Bonchev–Trinajstić information content (AvgIpc) is 2.59. The lowest BCUT2D eigenvalue weighted by Crippen LogP contribution is -2.30.